The van der Waals surface area contributed by atoms with Crippen molar-refractivity contribution in [1.82, 2.24) is 0 Å². The summed E-state index contributed by atoms with van der Waals surface area (Å²) in [6.07, 6.45) is 2.87. The second kappa shape index (κ2) is 3.33. The van der Waals surface area contributed by atoms with Gasteiger partial charge < -0.3 is 0 Å². The Bertz CT molecular complexity index is 222. The minimum absolute atomic E-state index is 0.135. The highest BCUT2D eigenvalue weighted by atomic mass is 32.2. The van der Waals surface area contributed by atoms with Crippen molar-refractivity contribution < 1.29 is 13.0 Å². The normalized spacial score (nSPS) is 33.6. The molecule has 3 nitrogen and oxygen atoms in total. The van der Waals surface area contributed by atoms with Gasteiger partial charge in [-0.05, 0) is 19.3 Å². The van der Waals surface area contributed by atoms with Crippen LogP contribution in [0.1, 0.15) is 25.7 Å². The average molecular weight is 196 g/mol. The van der Waals surface area contributed by atoms with Crippen LogP contribution >= 0.6 is 12.6 Å². The van der Waals surface area contributed by atoms with Crippen LogP contribution in [0.4, 0.5) is 0 Å². The molecule has 5 heteroatoms. The van der Waals surface area contributed by atoms with Crippen molar-refractivity contribution in [2.45, 2.75) is 36.2 Å². The molecule has 0 aromatic rings. The molecule has 0 aliphatic heterocycles. The first-order chi connectivity index (χ1) is 5.00. The van der Waals surface area contributed by atoms with Gasteiger partial charge in [-0.2, -0.15) is 21.0 Å². The van der Waals surface area contributed by atoms with Gasteiger partial charge in [0.1, 0.15) is 0 Å². The highest BCUT2D eigenvalue weighted by Crippen LogP contribution is 2.26. The van der Waals surface area contributed by atoms with Crippen molar-refractivity contribution in [2.75, 3.05) is 0 Å². The van der Waals surface area contributed by atoms with Crippen molar-refractivity contribution in [3.8, 4) is 0 Å². The maximum atomic E-state index is 10.7. The zero-order valence-corrected chi connectivity index (χ0v) is 7.81. The van der Waals surface area contributed by atoms with Gasteiger partial charge in [0.25, 0.3) is 10.1 Å². The van der Waals surface area contributed by atoms with Crippen molar-refractivity contribution in [3.63, 3.8) is 0 Å². The smallest absolute Gasteiger partial charge is 0.267 e. The predicted molar refractivity (Wildman–Crippen MR) is 46.6 cm³/mol. The lowest BCUT2D eigenvalue weighted by molar-refractivity contribution is 0.430. The Hall–Kier alpha value is 0.260. The Morgan fingerprint density at radius 3 is 2.36 bits per heavy atom. The highest BCUT2D eigenvalue weighted by molar-refractivity contribution is 7.86. The molecule has 0 saturated heterocycles. The first-order valence-corrected chi connectivity index (χ1v) is 5.66. The minimum Gasteiger partial charge on any atom is -0.285 e. The second-order valence-corrected chi connectivity index (χ2v) is 5.38. The lowest BCUT2D eigenvalue weighted by Crippen LogP contribution is -2.27. The maximum Gasteiger partial charge on any atom is 0.267 e. The van der Waals surface area contributed by atoms with E-state index in [1.54, 1.807) is 0 Å². The predicted octanol–water partition coefficient (Wildman–Crippen LogP) is 1.12. The lowest BCUT2D eigenvalue weighted by Gasteiger charge is -2.23. The molecule has 1 fully saturated rings. The van der Waals surface area contributed by atoms with Crippen LogP contribution in [0.15, 0.2) is 0 Å². The highest BCUT2D eigenvalue weighted by Gasteiger charge is 2.28. The monoisotopic (exact) mass is 196 g/mol. The molecular weight excluding hydrogens is 184 g/mol. The van der Waals surface area contributed by atoms with Gasteiger partial charge in [0.15, 0.2) is 0 Å². The molecule has 0 aromatic heterocycles. The van der Waals surface area contributed by atoms with Gasteiger partial charge in [0, 0.05) is 5.25 Å². The van der Waals surface area contributed by atoms with E-state index in [2.05, 4.69) is 12.6 Å². The van der Waals surface area contributed by atoms with Crippen LogP contribution in [-0.2, 0) is 10.1 Å². The molecule has 1 aliphatic rings. The Balaban J connectivity index is 2.60. The van der Waals surface area contributed by atoms with Gasteiger partial charge in [-0.25, -0.2) is 0 Å². The Labute approximate surface area is 72.3 Å². The maximum absolute atomic E-state index is 10.7. The summed E-state index contributed by atoms with van der Waals surface area (Å²) in [6, 6.07) is 0. The lowest BCUT2D eigenvalue weighted by atomic mass is 10.00. The second-order valence-electron chi connectivity index (χ2n) is 2.96. The molecule has 0 bridgehead atoms. The fraction of sp³-hybridized carbons (Fsp3) is 1.00. The molecular formula is C6H12O3S2. The molecule has 66 valence electrons. The summed E-state index contributed by atoms with van der Waals surface area (Å²) in [5.41, 5.74) is 0. The Morgan fingerprint density at radius 2 is 2.00 bits per heavy atom. The summed E-state index contributed by atoms with van der Waals surface area (Å²) in [7, 11) is -3.81. The SMILES string of the molecule is O=S(=O)(O)C1CCCC(S)C1. The van der Waals surface area contributed by atoms with Gasteiger partial charge >= 0.3 is 0 Å². The van der Waals surface area contributed by atoms with Gasteiger partial charge in [0.05, 0.1) is 5.25 Å². The summed E-state index contributed by atoms with van der Waals surface area (Å²) in [6.45, 7) is 0. The van der Waals surface area contributed by atoms with Crippen molar-refractivity contribution in [2.24, 2.45) is 0 Å². The fourth-order valence-electron chi connectivity index (χ4n) is 1.39. The summed E-state index contributed by atoms with van der Waals surface area (Å²) < 4.78 is 30.0. The van der Waals surface area contributed by atoms with Crippen molar-refractivity contribution in [1.29, 1.82) is 0 Å². The van der Waals surface area contributed by atoms with Crippen LogP contribution < -0.4 is 0 Å². The standard InChI is InChI=1S/C6H12O3S2/c7-11(8,9)6-3-1-2-5(10)4-6/h5-6,10H,1-4H2,(H,7,8,9). The van der Waals surface area contributed by atoms with Crippen LogP contribution in [0.2, 0.25) is 0 Å². The van der Waals surface area contributed by atoms with Gasteiger partial charge in [-0.1, -0.05) is 6.42 Å². The average Bonchev–Trinajstić information content (AvgIpc) is 1.86. The fourth-order valence-corrected chi connectivity index (χ4v) is 2.91. The molecule has 1 saturated carbocycles. The van der Waals surface area contributed by atoms with E-state index in [1.165, 1.54) is 0 Å². The summed E-state index contributed by atoms with van der Waals surface area (Å²) in [5.74, 6) is 0. The number of thiol groups is 1. The number of hydrogen-bond acceptors (Lipinski definition) is 3. The van der Waals surface area contributed by atoms with Crippen LogP contribution in [0, 0.1) is 0 Å². The van der Waals surface area contributed by atoms with Crippen molar-refractivity contribution in [3.05, 3.63) is 0 Å². The Morgan fingerprint density at radius 1 is 1.36 bits per heavy atom. The molecule has 0 amide bonds. The molecule has 0 aromatic carbocycles. The summed E-state index contributed by atoms with van der Waals surface area (Å²) in [4.78, 5) is 0. The molecule has 2 unspecified atom stereocenters. The molecule has 0 radical (unpaired) electrons. The van der Waals surface area contributed by atoms with E-state index in [-0.39, 0.29) is 5.25 Å². The summed E-state index contributed by atoms with van der Waals surface area (Å²) in [5, 5.41) is -0.436. The molecule has 2 atom stereocenters. The van der Waals surface area contributed by atoms with E-state index in [4.69, 9.17) is 4.55 Å². The first kappa shape index (κ1) is 9.35. The first-order valence-electron chi connectivity index (χ1n) is 3.64. The van der Waals surface area contributed by atoms with Crippen molar-refractivity contribution >= 4 is 22.7 Å². The van der Waals surface area contributed by atoms with E-state index < -0.39 is 15.4 Å². The minimum atomic E-state index is -3.81. The quantitative estimate of drug-likeness (QED) is 0.488. The van der Waals surface area contributed by atoms with E-state index in [9.17, 15) is 8.42 Å². The topological polar surface area (TPSA) is 54.4 Å². The Kier molecular flexibility index (Phi) is 2.83. The zero-order valence-electron chi connectivity index (χ0n) is 6.10. The van der Waals surface area contributed by atoms with E-state index >= 15 is 0 Å². The third kappa shape index (κ3) is 2.65. The van der Waals surface area contributed by atoms with E-state index in [1.807, 2.05) is 0 Å². The number of hydrogen-bond donors (Lipinski definition) is 2. The van der Waals surface area contributed by atoms with Gasteiger partial charge in [-0.15, -0.1) is 0 Å². The van der Waals surface area contributed by atoms with Crippen LogP contribution in [0.25, 0.3) is 0 Å². The number of rotatable bonds is 1. The van der Waals surface area contributed by atoms with E-state index in [0.29, 0.717) is 12.8 Å². The van der Waals surface area contributed by atoms with Crippen LogP contribution in [0.3, 0.4) is 0 Å². The molecule has 1 rings (SSSR count). The van der Waals surface area contributed by atoms with E-state index in [0.717, 1.165) is 12.8 Å². The van der Waals surface area contributed by atoms with Gasteiger partial charge in [-0.3, -0.25) is 4.55 Å². The molecule has 1 N–H and O–H groups in total. The van der Waals surface area contributed by atoms with Gasteiger partial charge in [0.2, 0.25) is 0 Å². The molecule has 1 aliphatic carbocycles. The van der Waals surface area contributed by atoms with Crippen LogP contribution in [-0.4, -0.2) is 23.5 Å². The molecule has 0 spiro atoms. The summed E-state index contributed by atoms with van der Waals surface area (Å²) >= 11 is 4.18. The third-order valence-corrected chi connectivity index (χ3v) is 3.76. The largest absolute Gasteiger partial charge is 0.285 e. The third-order valence-electron chi connectivity index (χ3n) is 2.02. The zero-order chi connectivity index (χ0) is 8.48. The van der Waals surface area contributed by atoms with Crippen LogP contribution in [0.5, 0.6) is 0 Å². The molecule has 11 heavy (non-hydrogen) atoms. The molecule has 0 heterocycles.